The van der Waals surface area contributed by atoms with E-state index in [1.165, 1.54) is 38.8 Å². The van der Waals surface area contributed by atoms with Gasteiger partial charge in [-0.2, -0.15) is 0 Å². The zero-order valence-corrected chi connectivity index (χ0v) is 9.81. The molecule has 0 spiro atoms. The topological polar surface area (TPSA) is 24.1 Å². The lowest BCUT2D eigenvalue weighted by Gasteiger charge is -2.25. The van der Waals surface area contributed by atoms with Gasteiger partial charge in [0.1, 0.15) is 0 Å². The maximum absolute atomic E-state index is 3.55. The Morgan fingerprint density at radius 1 is 1.21 bits per heavy atom. The van der Waals surface area contributed by atoms with Crippen molar-refractivity contribution in [3.63, 3.8) is 0 Å². The van der Waals surface area contributed by atoms with Crippen LogP contribution < -0.4 is 10.6 Å². The average molecular weight is 198 g/mol. The van der Waals surface area contributed by atoms with Crippen LogP contribution >= 0.6 is 0 Å². The number of hydrogen-bond donors (Lipinski definition) is 2. The maximum atomic E-state index is 3.55. The fourth-order valence-corrected chi connectivity index (χ4v) is 1.90. The highest BCUT2D eigenvalue weighted by Crippen LogP contribution is 2.28. The van der Waals surface area contributed by atoms with Gasteiger partial charge in [0.25, 0.3) is 0 Å². The first kappa shape index (κ1) is 12.0. The quantitative estimate of drug-likeness (QED) is 0.583. The second-order valence-corrected chi connectivity index (χ2v) is 4.70. The zero-order chi connectivity index (χ0) is 10.2. The molecule has 1 fully saturated rings. The lowest BCUT2D eigenvalue weighted by atomic mass is 9.83. The summed E-state index contributed by atoms with van der Waals surface area (Å²) >= 11 is 0. The summed E-state index contributed by atoms with van der Waals surface area (Å²) in [6.45, 7) is 9.09. The van der Waals surface area contributed by atoms with Gasteiger partial charge < -0.3 is 10.6 Å². The second kappa shape index (κ2) is 7.24. The molecular formula is C12H26N2. The molecule has 0 radical (unpaired) electrons. The molecule has 0 aromatic rings. The van der Waals surface area contributed by atoms with E-state index < -0.39 is 0 Å². The molecule has 0 bridgehead atoms. The summed E-state index contributed by atoms with van der Waals surface area (Å²) in [7, 11) is 0. The molecule has 2 heteroatoms. The van der Waals surface area contributed by atoms with Crippen LogP contribution in [-0.2, 0) is 0 Å². The third-order valence-corrected chi connectivity index (χ3v) is 3.19. The summed E-state index contributed by atoms with van der Waals surface area (Å²) in [5, 5.41) is 6.93. The third-order valence-electron chi connectivity index (χ3n) is 3.19. The summed E-state index contributed by atoms with van der Waals surface area (Å²) in [5.41, 5.74) is 0. The molecule has 0 amide bonds. The molecule has 1 rings (SSSR count). The Labute approximate surface area is 88.8 Å². The van der Waals surface area contributed by atoms with Crippen molar-refractivity contribution in [2.45, 2.75) is 39.5 Å². The van der Waals surface area contributed by atoms with Crippen molar-refractivity contribution in [1.82, 2.24) is 10.6 Å². The molecule has 1 aliphatic carbocycles. The van der Waals surface area contributed by atoms with Gasteiger partial charge in [-0.3, -0.25) is 0 Å². The molecule has 1 atom stereocenters. The third kappa shape index (κ3) is 4.97. The summed E-state index contributed by atoms with van der Waals surface area (Å²) in [6.07, 6.45) is 5.83. The monoisotopic (exact) mass is 198 g/mol. The second-order valence-electron chi connectivity index (χ2n) is 4.70. The SMILES string of the molecule is CCNCC(C)CNCCC1CCC1. The molecule has 2 nitrogen and oxygen atoms in total. The normalized spacial score (nSPS) is 19.3. The fraction of sp³-hybridized carbons (Fsp3) is 1.00. The largest absolute Gasteiger partial charge is 0.317 e. The first-order chi connectivity index (χ1) is 6.83. The predicted octanol–water partition coefficient (Wildman–Crippen LogP) is 2.01. The van der Waals surface area contributed by atoms with Crippen LogP contribution in [0.25, 0.3) is 0 Å². The molecule has 0 aliphatic heterocycles. The number of rotatable bonds is 8. The van der Waals surface area contributed by atoms with Gasteiger partial charge in [0.2, 0.25) is 0 Å². The molecule has 0 aromatic carbocycles. The minimum Gasteiger partial charge on any atom is -0.317 e. The van der Waals surface area contributed by atoms with Crippen molar-refractivity contribution in [1.29, 1.82) is 0 Å². The van der Waals surface area contributed by atoms with Crippen LogP contribution in [0.2, 0.25) is 0 Å². The van der Waals surface area contributed by atoms with Crippen LogP contribution in [0.5, 0.6) is 0 Å². The van der Waals surface area contributed by atoms with Crippen LogP contribution in [0, 0.1) is 11.8 Å². The molecule has 2 N–H and O–H groups in total. The van der Waals surface area contributed by atoms with E-state index in [1.807, 2.05) is 0 Å². The van der Waals surface area contributed by atoms with Gasteiger partial charge in [-0.15, -0.1) is 0 Å². The van der Waals surface area contributed by atoms with E-state index in [2.05, 4.69) is 24.5 Å². The maximum Gasteiger partial charge on any atom is -0.00110 e. The molecule has 0 aromatic heterocycles. The van der Waals surface area contributed by atoms with Gasteiger partial charge in [-0.1, -0.05) is 33.1 Å². The molecule has 1 aliphatic rings. The van der Waals surface area contributed by atoms with Crippen molar-refractivity contribution >= 4 is 0 Å². The highest BCUT2D eigenvalue weighted by molar-refractivity contribution is 4.70. The molecule has 0 saturated heterocycles. The van der Waals surface area contributed by atoms with Crippen LogP contribution in [0.1, 0.15) is 39.5 Å². The van der Waals surface area contributed by atoms with Gasteiger partial charge in [0.15, 0.2) is 0 Å². The molecule has 1 unspecified atom stereocenters. The van der Waals surface area contributed by atoms with E-state index in [1.54, 1.807) is 0 Å². The van der Waals surface area contributed by atoms with Gasteiger partial charge in [-0.25, -0.2) is 0 Å². The lowest BCUT2D eigenvalue weighted by Crippen LogP contribution is -2.31. The summed E-state index contributed by atoms with van der Waals surface area (Å²) in [4.78, 5) is 0. The minimum atomic E-state index is 0.761. The first-order valence-electron chi connectivity index (χ1n) is 6.24. The van der Waals surface area contributed by atoms with Crippen molar-refractivity contribution in [3.05, 3.63) is 0 Å². The van der Waals surface area contributed by atoms with Crippen molar-refractivity contribution in [2.24, 2.45) is 11.8 Å². The summed E-state index contributed by atoms with van der Waals surface area (Å²) < 4.78 is 0. The molecule has 14 heavy (non-hydrogen) atoms. The average Bonchev–Trinajstić information content (AvgIpc) is 2.11. The van der Waals surface area contributed by atoms with Crippen molar-refractivity contribution in [2.75, 3.05) is 26.2 Å². The van der Waals surface area contributed by atoms with Gasteiger partial charge in [-0.05, 0) is 44.4 Å². The lowest BCUT2D eigenvalue weighted by molar-refractivity contribution is 0.290. The Morgan fingerprint density at radius 2 is 1.93 bits per heavy atom. The Kier molecular flexibility index (Phi) is 6.20. The molecular weight excluding hydrogens is 172 g/mol. The molecule has 84 valence electrons. The van der Waals surface area contributed by atoms with E-state index in [4.69, 9.17) is 0 Å². The molecule has 0 heterocycles. The molecule has 1 saturated carbocycles. The van der Waals surface area contributed by atoms with Crippen LogP contribution in [0.4, 0.5) is 0 Å². The highest BCUT2D eigenvalue weighted by Gasteiger charge is 2.16. The van der Waals surface area contributed by atoms with Crippen LogP contribution in [-0.4, -0.2) is 26.2 Å². The van der Waals surface area contributed by atoms with E-state index in [0.29, 0.717) is 0 Å². The highest BCUT2D eigenvalue weighted by atomic mass is 14.9. The number of nitrogens with one attached hydrogen (secondary N) is 2. The Hall–Kier alpha value is -0.0800. The fourth-order valence-electron chi connectivity index (χ4n) is 1.90. The van der Waals surface area contributed by atoms with E-state index in [0.717, 1.165) is 24.9 Å². The Balaban J connectivity index is 1.81. The number of hydrogen-bond acceptors (Lipinski definition) is 2. The van der Waals surface area contributed by atoms with Crippen molar-refractivity contribution < 1.29 is 0 Å². The van der Waals surface area contributed by atoms with Gasteiger partial charge in [0, 0.05) is 0 Å². The van der Waals surface area contributed by atoms with E-state index >= 15 is 0 Å². The standard InChI is InChI=1S/C12H26N2/c1-3-13-9-11(2)10-14-8-7-12-5-4-6-12/h11-14H,3-10H2,1-2H3. The van der Waals surface area contributed by atoms with Crippen LogP contribution in [0.15, 0.2) is 0 Å². The smallest absolute Gasteiger partial charge is 0.00110 e. The van der Waals surface area contributed by atoms with Gasteiger partial charge in [0.05, 0.1) is 0 Å². The first-order valence-corrected chi connectivity index (χ1v) is 6.24. The Morgan fingerprint density at radius 3 is 2.50 bits per heavy atom. The van der Waals surface area contributed by atoms with E-state index in [9.17, 15) is 0 Å². The predicted molar refractivity (Wildman–Crippen MR) is 62.5 cm³/mol. The minimum absolute atomic E-state index is 0.761. The zero-order valence-electron chi connectivity index (χ0n) is 9.81. The van der Waals surface area contributed by atoms with Crippen LogP contribution in [0.3, 0.4) is 0 Å². The Bertz CT molecular complexity index is 132. The van der Waals surface area contributed by atoms with Crippen molar-refractivity contribution in [3.8, 4) is 0 Å². The summed E-state index contributed by atoms with van der Waals surface area (Å²) in [5.74, 6) is 1.81. The van der Waals surface area contributed by atoms with Gasteiger partial charge >= 0.3 is 0 Å². The van der Waals surface area contributed by atoms with E-state index in [-0.39, 0.29) is 0 Å². The summed E-state index contributed by atoms with van der Waals surface area (Å²) in [6, 6.07) is 0.